The minimum Gasteiger partial charge on any atom is -0.491 e. The lowest BCUT2D eigenvalue weighted by molar-refractivity contribution is 0.0925. The van der Waals surface area contributed by atoms with Crippen molar-refractivity contribution < 1.29 is 25.2 Å². The number of aromatic nitrogens is 2. The van der Waals surface area contributed by atoms with E-state index in [-0.39, 0.29) is 19.8 Å². The zero-order valence-electron chi connectivity index (χ0n) is 18.6. The van der Waals surface area contributed by atoms with Crippen molar-refractivity contribution in [1.82, 2.24) is 9.55 Å². The van der Waals surface area contributed by atoms with Crippen molar-refractivity contribution in [3.63, 3.8) is 0 Å². The zero-order chi connectivity index (χ0) is 23.6. The number of benzene rings is 2. The molecule has 1 aromatic heterocycles. The number of rotatable bonds is 10. The van der Waals surface area contributed by atoms with Crippen LogP contribution in [-0.2, 0) is 0 Å². The van der Waals surface area contributed by atoms with Gasteiger partial charge >= 0.3 is 0 Å². The summed E-state index contributed by atoms with van der Waals surface area (Å²) in [6, 6.07) is 14.9. The Balaban J connectivity index is 1.63. The van der Waals surface area contributed by atoms with Gasteiger partial charge in [0, 0.05) is 24.6 Å². The van der Waals surface area contributed by atoms with E-state index in [4.69, 9.17) is 9.84 Å². The van der Waals surface area contributed by atoms with Crippen LogP contribution in [0.2, 0.25) is 0 Å². The van der Waals surface area contributed by atoms with Crippen LogP contribution >= 0.6 is 0 Å². The molecule has 0 amide bonds. The third-order valence-corrected chi connectivity index (χ3v) is 5.17. The van der Waals surface area contributed by atoms with Crippen molar-refractivity contribution in [3.05, 3.63) is 72.3 Å². The maximum absolute atomic E-state index is 9.82. The molecule has 3 rings (SSSR count). The summed E-state index contributed by atoms with van der Waals surface area (Å²) in [6.07, 6.45) is 3.00. The van der Waals surface area contributed by atoms with E-state index in [1.807, 2.05) is 48.5 Å². The third-order valence-electron chi connectivity index (χ3n) is 5.17. The number of aliphatic hydroxyl groups is 4. The van der Waals surface area contributed by atoms with Gasteiger partial charge in [-0.15, -0.1) is 0 Å². The van der Waals surface area contributed by atoms with Gasteiger partial charge in [0.2, 0.25) is 0 Å². The molecule has 0 spiro atoms. The maximum Gasteiger partial charge on any atom is 0.138 e. The van der Waals surface area contributed by atoms with E-state index >= 15 is 0 Å². The minimum absolute atomic E-state index is 0.0622. The number of nitrogens with zero attached hydrogens (tertiary/aromatic N) is 2. The van der Waals surface area contributed by atoms with Crippen LogP contribution in [0.25, 0.3) is 11.1 Å². The Morgan fingerprint density at radius 2 is 1.67 bits per heavy atom. The van der Waals surface area contributed by atoms with Crippen LogP contribution in [0.3, 0.4) is 0 Å². The smallest absolute Gasteiger partial charge is 0.138 e. The molecule has 0 aliphatic carbocycles. The summed E-state index contributed by atoms with van der Waals surface area (Å²) in [7, 11) is 0. The molecule has 3 atom stereocenters. The predicted octanol–water partition coefficient (Wildman–Crippen LogP) is 2.70. The molecule has 0 radical (unpaired) electrons. The Bertz CT molecular complexity index is 1050. The Morgan fingerprint density at radius 3 is 2.27 bits per heavy atom. The van der Waals surface area contributed by atoms with Gasteiger partial charge in [0.05, 0.1) is 12.7 Å². The second kappa shape index (κ2) is 12.2. The van der Waals surface area contributed by atoms with Gasteiger partial charge in [0.15, 0.2) is 0 Å². The molecule has 0 bridgehead atoms. The van der Waals surface area contributed by atoms with E-state index in [1.165, 1.54) is 0 Å². The predicted molar refractivity (Wildman–Crippen MR) is 126 cm³/mol. The topological polar surface area (TPSA) is 108 Å². The van der Waals surface area contributed by atoms with Crippen LogP contribution in [0.1, 0.15) is 43.3 Å². The van der Waals surface area contributed by atoms with Crippen LogP contribution < -0.4 is 4.74 Å². The molecule has 0 aliphatic heterocycles. The molecule has 0 saturated heterocycles. The standard InChI is InChI=1S/C26H30N2O5/c1-19(31)26-27-14-15-28(26)23(17-30)11-6-20-4-7-21(8-5-20)22-9-12-25(13-10-22)33-18-24(32)3-2-16-29/h4-5,7-10,12-15,19,23-24,29-32H,2-3,16-18H2,1H3. The Morgan fingerprint density at radius 1 is 1.00 bits per heavy atom. The summed E-state index contributed by atoms with van der Waals surface area (Å²) >= 11 is 0. The largest absolute Gasteiger partial charge is 0.491 e. The van der Waals surface area contributed by atoms with E-state index in [9.17, 15) is 15.3 Å². The van der Waals surface area contributed by atoms with E-state index in [0.29, 0.717) is 24.4 Å². The van der Waals surface area contributed by atoms with Gasteiger partial charge in [-0.05, 0) is 55.2 Å². The van der Waals surface area contributed by atoms with Gasteiger partial charge in [0.25, 0.3) is 0 Å². The van der Waals surface area contributed by atoms with E-state index in [1.54, 1.807) is 23.9 Å². The van der Waals surface area contributed by atoms with Gasteiger partial charge in [0.1, 0.15) is 30.3 Å². The summed E-state index contributed by atoms with van der Waals surface area (Å²) in [5, 5.41) is 38.2. The Labute approximate surface area is 193 Å². The lowest BCUT2D eigenvalue weighted by Gasteiger charge is -2.14. The first-order chi connectivity index (χ1) is 16.0. The van der Waals surface area contributed by atoms with Crippen LogP contribution in [0.4, 0.5) is 0 Å². The second-order valence-corrected chi connectivity index (χ2v) is 7.77. The van der Waals surface area contributed by atoms with Crippen LogP contribution in [0.5, 0.6) is 5.75 Å². The SMILES string of the molecule is CC(O)c1nccn1C(C#Cc1ccc(-c2ccc(OCC(O)CCCO)cc2)cc1)CO. The Hall–Kier alpha value is -3.15. The molecule has 2 aromatic carbocycles. The first-order valence-corrected chi connectivity index (χ1v) is 11.0. The van der Waals surface area contributed by atoms with Gasteiger partial charge < -0.3 is 29.7 Å². The highest BCUT2D eigenvalue weighted by Gasteiger charge is 2.14. The van der Waals surface area contributed by atoms with Gasteiger partial charge in [-0.2, -0.15) is 0 Å². The molecular weight excluding hydrogens is 420 g/mol. The van der Waals surface area contributed by atoms with Crippen molar-refractivity contribution in [2.45, 2.75) is 38.0 Å². The molecule has 33 heavy (non-hydrogen) atoms. The molecule has 7 heteroatoms. The lowest BCUT2D eigenvalue weighted by atomic mass is 10.0. The summed E-state index contributed by atoms with van der Waals surface area (Å²) < 4.78 is 7.28. The molecular formula is C26H30N2O5. The summed E-state index contributed by atoms with van der Waals surface area (Å²) in [4.78, 5) is 4.13. The number of aliphatic hydroxyl groups excluding tert-OH is 4. The molecule has 0 aliphatic rings. The minimum atomic E-state index is -0.747. The molecule has 1 heterocycles. The van der Waals surface area contributed by atoms with E-state index in [0.717, 1.165) is 16.7 Å². The average molecular weight is 451 g/mol. The molecule has 3 unspecified atom stereocenters. The quantitative estimate of drug-likeness (QED) is 0.354. The summed E-state index contributed by atoms with van der Waals surface area (Å²) in [5.74, 6) is 7.27. The van der Waals surface area contributed by atoms with E-state index < -0.39 is 18.2 Å². The monoisotopic (exact) mass is 450 g/mol. The fraction of sp³-hybridized carbons (Fsp3) is 0.346. The van der Waals surface area contributed by atoms with Crippen molar-refractivity contribution in [2.75, 3.05) is 19.8 Å². The van der Waals surface area contributed by atoms with Gasteiger partial charge in [-0.3, -0.25) is 0 Å². The first kappa shape index (κ1) is 24.5. The van der Waals surface area contributed by atoms with Crippen molar-refractivity contribution in [3.8, 4) is 28.7 Å². The molecule has 3 aromatic rings. The number of ether oxygens (including phenoxy) is 1. The van der Waals surface area contributed by atoms with Crippen LogP contribution in [-0.4, -0.2) is 55.9 Å². The molecule has 0 saturated carbocycles. The highest BCUT2D eigenvalue weighted by molar-refractivity contribution is 5.65. The van der Waals surface area contributed by atoms with Crippen LogP contribution in [0.15, 0.2) is 60.9 Å². The Kier molecular flexibility index (Phi) is 9.04. The fourth-order valence-electron chi connectivity index (χ4n) is 3.37. The highest BCUT2D eigenvalue weighted by atomic mass is 16.5. The van der Waals surface area contributed by atoms with Crippen molar-refractivity contribution in [2.24, 2.45) is 0 Å². The molecule has 174 valence electrons. The van der Waals surface area contributed by atoms with Crippen LogP contribution in [0, 0.1) is 11.8 Å². The fourth-order valence-corrected chi connectivity index (χ4v) is 3.37. The van der Waals surface area contributed by atoms with E-state index in [2.05, 4.69) is 16.8 Å². The number of hydrogen-bond donors (Lipinski definition) is 4. The molecule has 4 N–H and O–H groups in total. The number of hydrogen-bond acceptors (Lipinski definition) is 6. The average Bonchev–Trinajstić information content (AvgIpc) is 3.33. The normalized spacial score (nSPS) is 13.6. The summed E-state index contributed by atoms with van der Waals surface area (Å²) in [5.41, 5.74) is 2.86. The van der Waals surface area contributed by atoms with Crippen molar-refractivity contribution >= 4 is 0 Å². The highest BCUT2D eigenvalue weighted by Crippen LogP contribution is 2.23. The molecule has 0 fully saturated rings. The lowest BCUT2D eigenvalue weighted by Crippen LogP contribution is -2.17. The maximum atomic E-state index is 9.82. The first-order valence-electron chi connectivity index (χ1n) is 11.0. The third kappa shape index (κ3) is 6.91. The van der Waals surface area contributed by atoms with Gasteiger partial charge in [-0.25, -0.2) is 4.98 Å². The van der Waals surface area contributed by atoms with Gasteiger partial charge in [-0.1, -0.05) is 36.1 Å². The zero-order valence-corrected chi connectivity index (χ0v) is 18.6. The second-order valence-electron chi connectivity index (χ2n) is 7.77. The molecule has 7 nitrogen and oxygen atoms in total. The summed E-state index contributed by atoms with van der Waals surface area (Å²) in [6.45, 7) is 1.70. The van der Waals surface area contributed by atoms with Crippen molar-refractivity contribution in [1.29, 1.82) is 0 Å². The number of imidazole rings is 1.